The van der Waals surface area contributed by atoms with E-state index < -0.39 is 0 Å². The van der Waals surface area contributed by atoms with Gasteiger partial charge in [-0.2, -0.15) is 0 Å². The average molecular weight is 166 g/mol. The Morgan fingerprint density at radius 2 is 1.92 bits per heavy atom. The molecule has 0 atom stereocenters. The van der Waals surface area contributed by atoms with Gasteiger partial charge in [-0.3, -0.25) is 0 Å². The second-order valence-corrected chi connectivity index (χ2v) is 2.97. The number of hydrogen-bond acceptors (Lipinski definition) is 2. The Bertz CT molecular complexity index is 279. The molecule has 0 fully saturated rings. The SMILES string of the molecule is CCCc1ccc(O)c(O)c1C. The zero-order valence-corrected chi connectivity index (χ0v) is 7.46. The van der Waals surface area contributed by atoms with Crippen molar-refractivity contribution >= 4 is 0 Å². The molecule has 1 aromatic carbocycles. The number of aromatic hydroxyl groups is 2. The van der Waals surface area contributed by atoms with Crippen molar-refractivity contribution in [3.63, 3.8) is 0 Å². The molecule has 66 valence electrons. The highest BCUT2D eigenvalue weighted by atomic mass is 16.3. The summed E-state index contributed by atoms with van der Waals surface area (Å²) in [5.74, 6) is -0.0201. The molecule has 1 aromatic rings. The van der Waals surface area contributed by atoms with Gasteiger partial charge in [0, 0.05) is 0 Å². The number of aryl methyl sites for hydroxylation is 1. The first-order valence-corrected chi connectivity index (χ1v) is 4.17. The molecular weight excluding hydrogens is 152 g/mol. The van der Waals surface area contributed by atoms with E-state index in [9.17, 15) is 5.11 Å². The van der Waals surface area contributed by atoms with Gasteiger partial charge in [0.25, 0.3) is 0 Å². The summed E-state index contributed by atoms with van der Waals surface area (Å²) in [7, 11) is 0. The predicted molar refractivity (Wildman–Crippen MR) is 48.5 cm³/mol. The molecule has 0 aliphatic carbocycles. The molecule has 0 saturated carbocycles. The summed E-state index contributed by atoms with van der Waals surface area (Å²) in [5, 5.41) is 18.5. The summed E-state index contributed by atoms with van der Waals surface area (Å²) in [6, 6.07) is 3.39. The molecule has 0 radical (unpaired) electrons. The summed E-state index contributed by atoms with van der Waals surface area (Å²) in [6.07, 6.45) is 1.99. The van der Waals surface area contributed by atoms with Crippen molar-refractivity contribution in [2.45, 2.75) is 26.7 Å². The lowest BCUT2D eigenvalue weighted by Gasteiger charge is -2.07. The predicted octanol–water partition coefficient (Wildman–Crippen LogP) is 2.36. The molecule has 2 heteroatoms. The Hall–Kier alpha value is -1.18. The van der Waals surface area contributed by atoms with Crippen LogP contribution in [0.25, 0.3) is 0 Å². The number of phenols is 2. The van der Waals surface area contributed by atoms with Crippen molar-refractivity contribution in [2.24, 2.45) is 0 Å². The number of phenolic OH excluding ortho intramolecular Hbond substituents is 2. The zero-order chi connectivity index (χ0) is 9.14. The number of rotatable bonds is 2. The van der Waals surface area contributed by atoms with E-state index in [-0.39, 0.29) is 11.5 Å². The molecule has 0 saturated heterocycles. The Balaban J connectivity index is 3.08. The highest BCUT2D eigenvalue weighted by Crippen LogP contribution is 2.30. The third-order valence-corrected chi connectivity index (χ3v) is 2.04. The van der Waals surface area contributed by atoms with Gasteiger partial charge in [0.2, 0.25) is 0 Å². The van der Waals surface area contributed by atoms with Crippen molar-refractivity contribution in [3.8, 4) is 11.5 Å². The average Bonchev–Trinajstić information content (AvgIpc) is 2.07. The molecule has 1 rings (SSSR count). The van der Waals surface area contributed by atoms with Gasteiger partial charge in [-0.1, -0.05) is 19.4 Å². The number of hydrogen-bond donors (Lipinski definition) is 2. The molecule has 0 aromatic heterocycles. The first kappa shape index (κ1) is 8.91. The Morgan fingerprint density at radius 1 is 1.25 bits per heavy atom. The summed E-state index contributed by atoms with van der Waals surface area (Å²) < 4.78 is 0. The van der Waals surface area contributed by atoms with Crippen LogP contribution in [0.5, 0.6) is 11.5 Å². The van der Waals surface area contributed by atoms with Crippen molar-refractivity contribution in [1.82, 2.24) is 0 Å². The van der Waals surface area contributed by atoms with E-state index >= 15 is 0 Å². The highest BCUT2D eigenvalue weighted by Gasteiger charge is 2.06. The monoisotopic (exact) mass is 166 g/mol. The molecule has 0 heterocycles. The minimum Gasteiger partial charge on any atom is -0.504 e. The topological polar surface area (TPSA) is 40.5 Å². The molecule has 0 bridgehead atoms. The molecular formula is C10H14O2. The second-order valence-electron chi connectivity index (χ2n) is 2.97. The maximum atomic E-state index is 9.36. The van der Waals surface area contributed by atoms with E-state index in [0.717, 1.165) is 24.0 Å². The van der Waals surface area contributed by atoms with Crippen LogP contribution >= 0.6 is 0 Å². The Labute approximate surface area is 72.5 Å². The van der Waals surface area contributed by atoms with Gasteiger partial charge < -0.3 is 10.2 Å². The van der Waals surface area contributed by atoms with E-state index in [1.807, 2.05) is 13.0 Å². The second kappa shape index (κ2) is 3.48. The van der Waals surface area contributed by atoms with Gasteiger partial charge in [-0.15, -0.1) is 0 Å². The molecule has 0 aliphatic heterocycles. The van der Waals surface area contributed by atoms with E-state index in [4.69, 9.17) is 5.11 Å². The highest BCUT2D eigenvalue weighted by molar-refractivity contribution is 5.48. The molecule has 0 amide bonds. The van der Waals surface area contributed by atoms with Crippen molar-refractivity contribution in [1.29, 1.82) is 0 Å². The van der Waals surface area contributed by atoms with Crippen LogP contribution in [0.1, 0.15) is 24.5 Å². The fourth-order valence-corrected chi connectivity index (χ4v) is 1.27. The minimum absolute atomic E-state index is 0.0148. The molecule has 2 nitrogen and oxygen atoms in total. The number of benzene rings is 1. The van der Waals surface area contributed by atoms with Crippen molar-refractivity contribution < 1.29 is 10.2 Å². The summed E-state index contributed by atoms with van der Waals surface area (Å²) >= 11 is 0. The Morgan fingerprint density at radius 3 is 2.50 bits per heavy atom. The largest absolute Gasteiger partial charge is 0.504 e. The molecule has 0 unspecified atom stereocenters. The van der Waals surface area contributed by atoms with Crippen LogP contribution in [-0.4, -0.2) is 10.2 Å². The summed E-state index contributed by atoms with van der Waals surface area (Å²) in [5.41, 5.74) is 1.89. The van der Waals surface area contributed by atoms with E-state index in [0.29, 0.717) is 0 Å². The molecule has 2 N–H and O–H groups in total. The van der Waals surface area contributed by atoms with Crippen LogP contribution in [0, 0.1) is 6.92 Å². The van der Waals surface area contributed by atoms with Crippen LogP contribution in [0.2, 0.25) is 0 Å². The van der Waals surface area contributed by atoms with E-state index in [1.165, 1.54) is 6.07 Å². The summed E-state index contributed by atoms with van der Waals surface area (Å²) in [4.78, 5) is 0. The van der Waals surface area contributed by atoms with Gasteiger partial charge in [0.1, 0.15) is 0 Å². The fourth-order valence-electron chi connectivity index (χ4n) is 1.27. The quantitative estimate of drug-likeness (QED) is 0.662. The van der Waals surface area contributed by atoms with Crippen LogP contribution in [0.15, 0.2) is 12.1 Å². The van der Waals surface area contributed by atoms with Gasteiger partial charge in [-0.05, 0) is 30.5 Å². The van der Waals surface area contributed by atoms with Gasteiger partial charge in [0.05, 0.1) is 0 Å². The van der Waals surface area contributed by atoms with Crippen molar-refractivity contribution in [3.05, 3.63) is 23.3 Å². The first-order valence-electron chi connectivity index (χ1n) is 4.17. The molecule has 0 spiro atoms. The third-order valence-electron chi connectivity index (χ3n) is 2.04. The maximum Gasteiger partial charge on any atom is 0.160 e. The first-order chi connectivity index (χ1) is 5.66. The standard InChI is InChI=1S/C10H14O2/c1-3-4-8-5-6-9(11)10(12)7(8)2/h5-6,11-12H,3-4H2,1-2H3. The van der Waals surface area contributed by atoms with Crippen LogP contribution in [0.4, 0.5) is 0 Å². The zero-order valence-electron chi connectivity index (χ0n) is 7.46. The van der Waals surface area contributed by atoms with E-state index in [2.05, 4.69) is 6.92 Å². The van der Waals surface area contributed by atoms with Crippen LogP contribution < -0.4 is 0 Å². The molecule has 0 aliphatic rings. The van der Waals surface area contributed by atoms with Gasteiger partial charge >= 0.3 is 0 Å². The van der Waals surface area contributed by atoms with Crippen molar-refractivity contribution in [2.75, 3.05) is 0 Å². The van der Waals surface area contributed by atoms with Crippen LogP contribution in [0.3, 0.4) is 0 Å². The Kier molecular flexibility index (Phi) is 2.58. The van der Waals surface area contributed by atoms with Gasteiger partial charge in [0.15, 0.2) is 11.5 Å². The fraction of sp³-hybridized carbons (Fsp3) is 0.400. The minimum atomic E-state index is -0.0349. The normalized spacial score (nSPS) is 10.2. The summed E-state index contributed by atoms with van der Waals surface area (Å²) in [6.45, 7) is 3.91. The van der Waals surface area contributed by atoms with E-state index in [1.54, 1.807) is 0 Å². The molecule has 12 heavy (non-hydrogen) atoms. The van der Waals surface area contributed by atoms with Gasteiger partial charge in [-0.25, -0.2) is 0 Å². The third kappa shape index (κ3) is 1.52. The maximum absolute atomic E-state index is 9.36. The lowest BCUT2D eigenvalue weighted by Crippen LogP contribution is -1.88. The lowest BCUT2D eigenvalue weighted by atomic mass is 10.0. The van der Waals surface area contributed by atoms with Crippen LogP contribution in [-0.2, 0) is 6.42 Å². The lowest BCUT2D eigenvalue weighted by molar-refractivity contribution is 0.400. The smallest absolute Gasteiger partial charge is 0.160 e.